The lowest BCUT2D eigenvalue weighted by Crippen LogP contribution is -2.43. The molecule has 2 rings (SSSR count). The van der Waals surface area contributed by atoms with Crippen LogP contribution in [0.4, 0.5) is 0 Å². The van der Waals surface area contributed by atoms with E-state index in [2.05, 4.69) is 4.72 Å². The Balaban J connectivity index is 2.03. The molecule has 0 spiro atoms. The summed E-state index contributed by atoms with van der Waals surface area (Å²) in [4.78, 5) is 0. The van der Waals surface area contributed by atoms with Crippen LogP contribution in [0, 0.1) is 5.92 Å². The average molecular weight is 415 g/mol. The van der Waals surface area contributed by atoms with E-state index in [1.165, 1.54) is 4.31 Å². The van der Waals surface area contributed by atoms with E-state index in [0.29, 0.717) is 35.1 Å². The predicted molar refractivity (Wildman–Crippen MR) is 96.2 cm³/mol. The maximum atomic E-state index is 12.6. The van der Waals surface area contributed by atoms with Crippen molar-refractivity contribution in [3.8, 4) is 0 Å². The zero-order valence-electron chi connectivity index (χ0n) is 13.2. The summed E-state index contributed by atoms with van der Waals surface area (Å²) in [7, 11) is -6.78. The molecule has 1 heterocycles. The molecular weight excluding hydrogens is 395 g/mol. The molecule has 1 fully saturated rings. The van der Waals surface area contributed by atoms with Crippen LogP contribution in [0.25, 0.3) is 0 Å². The van der Waals surface area contributed by atoms with E-state index in [1.54, 1.807) is 18.2 Å². The number of hydrogen-bond donors (Lipinski definition) is 1. The number of halogens is 2. The molecule has 1 aromatic rings. The minimum Gasteiger partial charge on any atom is -0.215 e. The third-order valence-corrected chi connectivity index (χ3v) is 7.09. The van der Waals surface area contributed by atoms with Gasteiger partial charge in [-0.25, -0.2) is 25.9 Å². The van der Waals surface area contributed by atoms with Gasteiger partial charge in [0.1, 0.15) is 0 Å². The lowest BCUT2D eigenvalue weighted by molar-refractivity contribution is 0.267. The van der Waals surface area contributed by atoms with Gasteiger partial charge in [-0.3, -0.25) is 0 Å². The fraction of sp³-hybridized carbons (Fsp3) is 0.571. The molecule has 1 aliphatic rings. The second kappa shape index (κ2) is 7.88. The summed E-state index contributed by atoms with van der Waals surface area (Å²) in [6.45, 7) is 1.00. The normalized spacial score (nSPS) is 20.2. The van der Waals surface area contributed by atoms with Crippen LogP contribution in [0.5, 0.6) is 0 Å². The third kappa shape index (κ3) is 5.86. The van der Waals surface area contributed by atoms with Crippen molar-refractivity contribution in [2.75, 3.05) is 25.9 Å². The highest BCUT2D eigenvalue weighted by molar-refractivity contribution is 7.88. The molecule has 1 N–H and O–H groups in total. The quantitative estimate of drug-likeness (QED) is 0.771. The van der Waals surface area contributed by atoms with Gasteiger partial charge in [0, 0.05) is 19.6 Å². The Morgan fingerprint density at radius 1 is 1.21 bits per heavy atom. The molecule has 0 amide bonds. The van der Waals surface area contributed by atoms with Crippen LogP contribution in [0.1, 0.15) is 18.4 Å². The van der Waals surface area contributed by atoms with Crippen molar-refractivity contribution in [1.29, 1.82) is 0 Å². The van der Waals surface area contributed by atoms with Crippen molar-refractivity contribution >= 4 is 43.2 Å². The van der Waals surface area contributed by atoms with Gasteiger partial charge in [-0.15, -0.1) is 0 Å². The van der Waals surface area contributed by atoms with Crippen molar-refractivity contribution < 1.29 is 16.8 Å². The van der Waals surface area contributed by atoms with Gasteiger partial charge in [0.05, 0.1) is 22.1 Å². The SMILES string of the molecule is CS(=O)(=O)NCC1CCCN(S(=O)(=O)Cc2ccc(Cl)c(Cl)c2)C1. The molecule has 1 unspecified atom stereocenters. The minimum absolute atomic E-state index is 0.0305. The monoisotopic (exact) mass is 414 g/mol. The van der Waals surface area contributed by atoms with Crippen LogP contribution in [-0.2, 0) is 25.8 Å². The van der Waals surface area contributed by atoms with Crippen LogP contribution < -0.4 is 4.72 Å². The summed E-state index contributed by atoms with van der Waals surface area (Å²) in [5, 5.41) is 0.695. The standard InChI is InChI=1S/C14H20Cl2N2O4S2/c1-23(19,20)17-8-12-3-2-6-18(9-12)24(21,22)10-11-4-5-13(15)14(16)7-11/h4-5,7,12,17H,2-3,6,8-10H2,1H3. The zero-order valence-corrected chi connectivity index (χ0v) is 16.3. The van der Waals surface area contributed by atoms with Crippen LogP contribution >= 0.6 is 23.2 Å². The summed E-state index contributed by atoms with van der Waals surface area (Å²) < 4.78 is 51.5. The summed E-state index contributed by atoms with van der Waals surface area (Å²) >= 11 is 11.8. The molecule has 1 aromatic carbocycles. The Bertz CT molecular complexity index is 797. The molecule has 1 atom stereocenters. The van der Waals surface area contributed by atoms with E-state index in [1.807, 2.05) is 0 Å². The number of nitrogens with one attached hydrogen (secondary N) is 1. The Labute approximate surface area is 153 Å². The van der Waals surface area contributed by atoms with Crippen molar-refractivity contribution in [3.05, 3.63) is 33.8 Å². The third-order valence-electron chi connectivity index (χ3n) is 3.84. The van der Waals surface area contributed by atoms with E-state index in [-0.39, 0.29) is 18.2 Å². The smallest absolute Gasteiger partial charge is 0.215 e. The fourth-order valence-electron chi connectivity index (χ4n) is 2.65. The first-order valence-electron chi connectivity index (χ1n) is 7.43. The maximum Gasteiger partial charge on any atom is 0.218 e. The van der Waals surface area contributed by atoms with Crippen molar-refractivity contribution in [1.82, 2.24) is 9.03 Å². The molecule has 0 radical (unpaired) electrons. The Morgan fingerprint density at radius 2 is 1.92 bits per heavy atom. The molecule has 6 nitrogen and oxygen atoms in total. The Morgan fingerprint density at radius 3 is 2.54 bits per heavy atom. The van der Waals surface area contributed by atoms with E-state index < -0.39 is 20.0 Å². The predicted octanol–water partition coefficient (Wildman–Crippen LogP) is 2.08. The first-order chi connectivity index (χ1) is 11.1. The maximum absolute atomic E-state index is 12.6. The molecule has 1 saturated heterocycles. The molecular formula is C14H20Cl2N2O4S2. The Kier molecular flexibility index (Phi) is 6.55. The first kappa shape index (κ1) is 19.9. The van der Waals surface area contributed by atoms with Crippen molar-refractivity contribution in [3.63, 3.8) is 0 Å². The Hall–Kier alpha value is -0.380. The molecule has 136 valence electrons. The van der Waals surface area contributed by atoms with Crippen LogP contribution in [-0.4, -0.2) is 47.0 Å². The van der Waals surface area contributed by atoms with E-state index in [0.717, 1.165) is 12.7 Å². The molecule has 1 aliphatic heterocycles. The van der Waals surface area contributed by atoms with E-state index >= 15 is 0 Å². The lowest BCUT2D eigenvalue weighted by atomic mass is 10.0. The van der Waals surface area contributed by atoms with Crippen LogP contribution in [0.2, 0.25) is 10.0 Å². The van der Waals surface area contributed by atoms with Crippen LogP contribution in [0.15, 0.2) is 18.2 Å². The summed E-state index contributed by atoms with van der Waals surface area (Å²) in [5.74, 6) is -0.187. The fourth-order valence-corrected chi connectivity index (χ4v) is 5.13. The van der Waals surface area contributed by atoms with Gasteiger partial charge >= 0.3 is 0 Å². The largest absolute Gasteiger partial charge is 0.218 e. The van der Waals surface area contributed by atoms with Gasteiger partial charge in [-0.05, 0) is 36.5 Å². The van der Waals surface area contributed by atoms with E-state index in [4.69, 9.17) is 23.2 Å². The number of rotatable bonds is 6. The van der Waals surface area contributed by atoms with Gasteiger partial charge in [-0.1, -0.05) is 29.3 Å². The number of piperidine rings is 1. The van der Waals surface area contributed by atoms with Crippen molar-refractivity contribution in [2.45, 2.75) is 18.6 Å². The lowest BCUT2D eigenvalue weighted by Gasteiger charge is -2.32. The second-order valence-corrected chi connectivity index (χ2v) is 10.6. The average Bonchev–Trinajstić information content (AvgIpc) is 2.48. The highest BCUT2D eigenvalue weighted by Gasteiger charge is 2.29. The molecule has 24 heavy (non-hydrogen) atoms. The van der Waals surface area contributed by atoms with Gasteiger partial charge in [0.15, 0.2) is 0 Å². The van der Waals surface area contributed by atoms with Crippen LogP contribution in [0.3, 0.4) is 0 Å². The van der Waals surface area contributed by atoms with Gasteiger partial charge < -0.3 is 0 Å². The highest BCUT2D eigenvalue weighted by Crippen LogP contribution is 2.25. The topological polar surface area (TPSA) is 83.6 Å². The summed E-state index contributed by atoms with van der Waals surface area (Å²) in [5.41, 5.74) is 0.570. The molecule has 0 bridgehead atoms. The summed E-state index contributed by atoms with van der Waals surface area (Å²) in [6.07, 6.45) is 2.59. The molecule has 0 aromatic heterocycles. The second-order valence-electron chi connectivity index (χ2n) is 5.99. The molecule has 10 heteroatoms. The van der Waals surface area contributed by atoms with Gasteiger partial charge in [-0.2, -0.15) is 0 Å². The number of hydrogen-bond acceptors (Lipinski definition) is 4. The minimum atomic E-state index is -3.50. The number of nitrogens with zero attached hydrogens (tertiary/aromatic N) is 1. The number of sulfonamides is 2. The zero-order chi connectivity index (χ0) is 18.0. The molecule has 0 aliphatic carbocycles. The van der Waals surface area contributed by atoms with E-state index in [9.17, 15) is 16.8 Å². The highest BCUT2D eigenvalue weighted by atomic mass is 35.5. The van der Waals surface area contributed by atoms with Gasteiger partial charge in [0.2, 0.25) is 20.0 Å². The summed E-state index contributed by atoms with van der Waals surface area (Å²) in [6, 6.07) is 4.76. The van der Waals surface area contributed by atoms with Crippen molar-refractivity contribution in [2.24, 2.45) is 5.92 Å². The molecule has 0 saturated carbocycles. The van der Waals surface area contributed by atoms with Gasteiger partial charge in [0.25, 0.3) is 0 Å². The first-order valence-corrected chi connectivity index (χ1v) is 11.7. The number of benzene rings is 1.